The molecule has 0 bridgehead atoms. The lowest BCUT2D eigenvalue weighted by molar-refractivity contribution is 0.0702. The number of aromatic carboxylic acids is 1. The van der Waals surface area contributed by atoms with Crippen LogP contribution in [0.5, 0.6) is 0 Å². The van der Waals surface area contributed by atoms with Gasteiger partial charge in [-0.2, -0.15) is 0 Å². The Morgan fingerprint density at radius 1 is 1.50 bits per heavy atom. The molecule has 1 aromatic heterocycles. The van der Waals surface area contributed by atoms with Gasteiger partial charge in [0.2, 0.25) is 0 Å². The van der Waals surface area contributed by atoms with Gasteiger partial charge in [0.05, 0.1) is 5.00 Å². The number of anilines is 1. The van der Waals surface area contributed by atoms with Crippen LogP contribution >= 0.6 is 11.3 Å². The zero-order valence-corrected chi connectivity index (χ0v) is 7.30. The van der Waals surface area contributed by atoms with Crippen molar-refractivity contribution in [2.24, 2.45) is 0 Å². The molecule has 0 aliphatic carbocycles. The molecule has 1 saturated heterocycles. The summed E-state index contributed by atoms with van der Waals surface area (Å²) in [6.07, 6.45) is 1.22. The van der Waals surface area contributed by atoms with Crippen molar-refractivity contribution < 1.29 is 9.90 Å². The molecule has 0 spiro atoms. The van der Waals surface area contributed by atoms with E-state index in [0.29, 0.717) is 4.88 Å². The maximum Gasteiger partial charge on any atom is 0.345 e. The van der Waals surface area contributed by atoms with E-state index in [1.54, 1.807) is 6.07 Å². The summed E-state index contributed by atoms with van der Waals surface area (Å²) in [5.41, 5.74) is 0. The van der Waals surface area contributed by atoms with Crippen LogP contribution in [-0.2, 0) is 0 Å². The Morgan fingerprint density at radius 3 is 2.67 bits per heavy atom. The number of carbonyl (C=O) groups is 1. The summed E-state index contributed by atoms with van der Waals surface area (Å²) in [4.78, 5) is 13.2. The summed E-state index contributed by atoms with van der Waals surface area (Å²) in [5, 5.41) is 9.74. The molecule has 12 heavy (non-hydrogen) atoms. The molecule has 2 heterocycles. The summed E-state index contributed by atoms with van der Waals surface area (Å²) in [6, 6.07) is 3.55. The van der Waals surface area contributed by atoms with Crippen molar-refractivity contribution in [1.29, 1.82) is 0 Å². The van der Waals surface area contributed by atoms with Gasteiger partial charge in [0.1, 0.15) is 4.88 Å². The standard InChI is InChI=1S/C8H9NO2S/c10-8(11)6-2-3-7(12-6)9-4-1-5-9/h2-3H,1,4-5H2,(H,10,11). The molecule has 1 aromatic rings. The van der Waals surface area contributed by atoms with E-state index in [2.05, 4.69) is 4.90 Å². The van der Waals surface area contributed by atoms with Gasteiger partial charge in [-0.3, -0.25) is 0 Å². The Labute approximate surface area is 74.2 Å². The molecular weight excluding hydrogens is 174 g/mol. The highest BCUT2D eigenvalue weighted by atomic mass is 32.1. The summed E-state index contributed by atoms with van der Waals surface area (Å²) in [6.45, 7) is 2.14. The monoisotopic (exact) mass is 183 g/mol. The van der Waals surface area contributed by atoms with E-state index in [1.165, 1.54) is 17.8 Å². The van der Waals surface area contributed by atoms with Crippen LogP contribution in [-0.4, -0.2) is 24.2 Å². The number of nitrogens with zero attached hydrogens (tertiary/aromatic N) is 1. The summed E-state index contributed by atoms with van der Waals surface area (Å²) < 4.78 is 0. The number of hydrogen-bond acceptors (Lipinski definition) is 3. The van der Waals surface area contributed by atoms with Crippen molar-refractivity contribution in [3.8, 4) is 0 Å². The highest BCUT2D eigenvalue weighted by Crippen LogP contribution is 2.29. The van der Waals surface area contributed by atoms with Crippen molar-refractivity contribution in [3.05, 3.63) is 17.0 Å². The van der Waals surface area contributed by atoms with E-state index in [0.717, 1.165) is 18.1 Å². The van der Waals surface area contributed by atoms with Gasteiger partial charge in [0.25, 0.3) is 0 Å². The quantitative estimate of drug-likeness (QED) is 0.758. The number of hydrogen-bond donors (Lipinski definition) is 1. The highest BCUT2D eigenvalue weighted by Gasteiger charge is 2.17. The van der Waals surface area contributed by atoms with E-state index in [9.17, 15) is 4.79 Å². The van der Waals surface area contributed by atoms with E-state index in [-0.39, 0.29) is 0 Å². The molecule has 1 N–H and O–H groups in total. The first-order valence-electron chi connectivity index (χ1n) is 3.85. The number of carboxylic acid groups (broad SMARTS) is 1. The Hall–Kier alpha value is -1.03. The van der Waals surface area contributed by atoms with Crippen LogP contribution in [0, 0.1) is 0 Å². The van der Waals surface area contributed by atoms with Crippen LogP contribution in [0.15, 0.2) is 12.1 Å². The third-order valence-electron chi connectivity index (χ3n) is 1.97. The molecule has 2 rings (SSSR count). The molecule has 3 nitrogen and oxygen atoms in total. The third-order valence-corrected chi connectivity index (χ3v) is 3.10. The van der Waals surface area contributed by atoms with Crippen molar-refractivity contribution in [3.63, 3.8) is 0 Å². The summed E-state index contributed by atoms with van der Waals surface area (Å²) >= 11 is 1.35. The highest BCUT2D eigenvalue weighted by molar-refractivity contribution is 7.17. The minimum absolute atomic E-state index is 0.428. The minimum atomic E-state index is -0.827. The third kappa shape index (κ3) is 1.18. The Bertz CT molecular complexity index is 304. The van der Waals surface area contributed by atoms with Gasteiger partial charge >= 0.3 is 5.97 Å². The maximum absolute atomic E-state index is 10.5. The molecule has 1 aliphatic heterocycles. The molecule has 64 valence electrons. The zero-order chi connectivity index (χ0) is 8.55. The molecule has 0 radical (unpaired) electrons. The van der Waals surface area contributed by atoms with E-state index < -0.39 is 5.97 Å². The predicted octanol–water partition coefficient (Wildman–Crippen LogP) is 1.66. The van der Waals surface area contributed by atoms with Gasteiger partial charge in [-0.25, -0.2) is 4.79 Å². The van der Waals surface area contributed by atoms with Crippen molar-refractivity contribution in [1.82, 2.24) is 0 Å². The topological polar surface area (TPSA) is 40.5 Å². The molecule has 0 saturated carbocycles. The fourth-order valence-corrected chi connectivity index (χ4v) is 2.05. The Morgan fingerprint density at radius 2 is 2.25 bits per heavy atom. The second kappa shape index (κ2) is 2.79. The SMILES string of the molecule is O=C(O)c1ccc(N2CCC2)s1. The average Bonchev–Trinajstić information content (AvgIpc) is 2.32. The lowest BCUT2D eigenvalue weighted by Gasteiger charge is -2.31. The molecule has 4 heteroatoms. The van der Waals surface area contributed by atoms with Crippen molar-refractivity contribution >= 4 is 22.3 Å². The summed E-state index contributed by atoms with van der Waals surface area (Å²) in [5.74, 6) is -0.827. The first kappa shape index (κ1) is 7.61. The molecule has 1 fully saturated rings. The fraction of sp³-hybridized carbons (Fsp3) is 0.375. The summed E-state index contributed by atoms with van der Waals surface area (Å²) in [7, 11) is 0. The zero-order valence-electron chi connectivity index (χ0n) is 6.49. The van der Waals surface area contributed by atoms with Crippen LogP contribution in [0.4, 0.5) is 5.00 Å². The minimum Gasteiger partial charge on any atom is -0.477 e. The van der Waals surface area contributed by atoms with Crippen LogP contribution < -0.4 is 4.90 Å². The second-order valence-corrected chi connectivity index (χ2v) is 3.85. The first-order chi connectivity index (χ1) is 5.77. The average molecular weight is 183 g/mol. The maximum atomic E-state index is 10.5. The second-order valence-electron chi connectivity index (χ2n) is 2.78. The normalized spacial score (nSPS) is 15.8. The van der Waals surface area contributed by atoms with Crippen molar-refractivity contribution in [2.45, 2.75) is 6.42 Å². The smallest absolute Gasteiger partial charge is 0.345 e. The largest absolute Gasteiger partial charge is 0.477 e. The van der Waals surface area contributed by atoms with E-state index >= 15 is 0 Å². The van der Waals surface area contributed by atoms with Crippen LogP contribution in [0.3, 0.4) is 0 Å². The number of thiophene rings is 1. The lowest BCUT2D eigenvalue weighted by Crippen LogP contribution is -2.36. The molecule has 0 aromatic carbocycles. The van der Waals surface area contributed by atoms with Gasteiger partial charge in [0.15, 0.2) is 0 Å². The van der Waals surface area contributed by atoms with Crippen molar-refractivity contribution in [2.75, 3.05) is 18.0 Å². The van der Waals surface area contributed by atoms with E-state index in [1.807, 2.05) is 6.07 Å². The number of carboxylic acids is 1. The molecule has 0 atom stereocenters. The molecule has 1 aliphatic rings. The van der Waals surface area contributed by atoms with Gasteiger partial charge in [-0.05, 0) is 18.6 Å². The van der Waals surface area contributed by atoms with Gasteiger partial charge in [-0.15, -0.1) is 11.3 Å². The van der Waals surface area contributed by atoms with Gasteiger partial charge in [0, 0.05) is 13.1 Å². The fourth-order valence-electron chi connectivity index (χ4n) is 1.15. The Balaban J connectivity index is 2.17. The van der Waals surface area contributed by atoms with Crippen LogP contribution in [0.1, 0.15) is 16.1 Å². The van der Waals surface area contributed by atoms with Crippen LogP contribution in [0.25, 0.3) is 0 Å². The Kier molecular flexibility index (Phi) is 1.77. The molecular formula is C8H9NO2S. The van der Waals surface area contributed by atoms with E-state index in [4.69, 9.17) is 5.11 Å². The van der Waals surface area contributed by atoms with Gasteiger partial charge in [-0.1, -0.05) is 0 Å². The number of rotatable bonds is 2. The van der Waals surface area contributed by atoms with Crippen LogP contribution in [0.2, 0.25) is 0 Å². The predicted molar refractivity (Wildman–Crippen MR) is 48.1 cm³/mol. The lowest BCUT2D eigenvalue weighted by atomic mass is 10.2. The molecule has 0 unspecified atom stereocenters. The molecule has 0 amide bonds. The van der Waals surface area contributed by atoms with Gasteiger partial charge < -0.3 is 10.0 Å². The first-order valence-corrected chi connectivity index (χ1v) is 4.67.